The molecule has 0 fully saturated rings. The molecule has 5 nitrogen and oxygen atoms in total. The lowest BCUT2D eigenvalue weighted by molar-refractivity contribution is 0.102. The Hall–Kier alpha value is -2.45. The Kier molecular flexibility index (Phi) is 6.54. The van der Waals surface area contributed by atoms with E-state index >= 15 is 0 Å². The average molecular weight is 453 g/mol. The predicted molar refractivity (Wildman–Crippen MR) is 111 cm³/mol. The van der Waals surface area contributed by atoms with E-state index in [-0.39, 0.29) is 12.1 Å². The number of hydrogen-bond donors (Lipinski definition) is 2. The summed E-state index contributed by atoms with van der Waals surface area (Å²) in [4.78, 5) is 11.8. The minimum Gasteiger partial charge on any atom is -0.322 e. The van der Waals surface area contributed by atoms with Crippen molar-refractivity contribution in [1.29, 1.82) is 0 Å². The highest BCUT2D eigenvalue weighted by molar-refractivity contribution is 7.89. The van der Waals surface area contributed by atoms with E-state index in [1.165, 1.54) is 12.1 Å². The van der Waals surface area contributed by atoms with Crippen LogP contribution in [0.25, 0.3) is 0 Å². The van der Waals surface area contributed by atoms with Gasteiger partial charge in [-0.25, -0.2) is 17.5 Å². The summed E-state index contributed by atoms with van der Waals surface area (Å²) in [5.74, 6) is -1.58. The first-order valence-corrected chi connectivity index (χ1v) is 10.6. The van der Waals surface area contributed by atoms with E-state index in [4.69, 9.17) is 23.2 Å². The molecule has 0 saturated carbocycles. The van der Waals surface area contributed by atoms with Gasteiger partial charge in [-0.05, 0) is 48.0 Å². The van der Waals surface area contributed by atoms with Gasteiger partial charge in [-0.1, -0.05) is 47.5 Å². The van der Waals surface area contributed by atoms with Crippen LogP contribution in [0.2, 0.25) is 10.0 Å². The van der Waals surface area contributed by atoms with Crippen LogP contribution in [-0.2, 0) is 16.6 Å². The van der Waals surface area contributed by atoms with Crippen molar-refractivity contribution in [3.63, 3.8) is 0 Å². The molecule has 0 aromatic heterocycles. The van der Waals surface area contributed by atoms with Gasteiger partial charge in [-0.15, -0.1) is 0 Å². The number of benzene rings is 3. The first kappa shape index (κ1) is 21.3. The van der Waals surface area contributed by atoms with E-state index in [0.717, 1.165) is 12.1 Å². The van der Waals surface area contributed by atoms with Crippen molar-refractivity contribution in [3.05, 3.63) is 93.7 Å². The summed E-state index contributed by atoms with van der Waals surface area (Å²) in [5.41, 5.74) is 0.936. The Labute approximate surface area is 177 Å². The third kappa shape index (κ3) is 5.33. The number of hydrogen-bond acceptors (Lipinski definition) is 3. The minimum atomic E-state index is -4.23. The second-order valence-electron chi connectivity index (χ2n) is 6.03. The highest BCUT2D eigenvalue weighted by Gasteiger charge is 2.21. The molecule has 150 valence electrons. The molecule has 0 aliphatic heterocycles. The van der Waals surface area contributed by atoms with E-state index in [1.807, 2.05) is 0 Å². The summed E-state index contributed by atoms with van der Waals surface area (Å²) in [6.07, 6.45) is 0. The summed E-state index contributed by atoms with van der Waals surface area (Å²) in [5, 5.41) is 3.39. The lowest BCUT2D eigenvalue weighted by Crippen LogP contribution is -2.25. The fourth-order valence-electron chi connectivity index (χ4n) is 2.51. The third-order valence-corrected chi connectivity index (χ3v) is 6.00. The van der Waals surface area contributed by atoms with Crippen LogP contribution in [0.15, 0.2) is 71.6 Å². The van der Waals surface area contributed by atoms with Crippen LogP contribution in [0, 0.1) is 5.82 Å². The number of halogens is 3. The second kappa shape index (κ2) is 8.92. The molecule has 1 amide bonds. The summed E-state index contributed by atoms with van der Waals surface area (Å²) in [6, 6.07) is 16.2. The lowest BCUT2D eigenvalue weighted by Gasteiger charge is -2.11. The number of amides is 1. The quantitative estimate of drug-likeness (QED) is 0.560. The van der Waals surface area contributed by atoms with Crippen molar-refractivity contribution < 1.29 is 17.6 Å². The zero-order valence-corrected chi connectivity index (χ0v) is 17.2. The van der Waals surface area contributed by atoms with Crippen LogP contribution in [0.3, 0.4) is 0 Å². The van der Waals surface area contributed by atoms with Crippen LogP contribution in [0.5, 0.6) is 0 Å². The number of carbonyl (C=O) groups is 1. The van der Waals surface area contributed by atoms with Crippen molar-refractivity contribution in [2.75, 3.05) is 5.32 Å². The molecule has 9 heteroatoms. The van der Waals surface area contributed by atoms with Gasteiger partial charge in [0.2, 0.25) is 10.0 Å². The van der Waals surface area contributed by atoms with E-state index in [1.54, 1.807) is 42.5 Å². The molecule has 0 heterocycles. The van der Waals surface area contributed by atoms with Gasteiger partial charge in [0.15, 0.2) is 0 Å². The molecule has 3 rings (SSSR count). The van der Waals surface area contributed by atoms with Gasteiger partial charge in [0.1, 0.15) is 10.7 Å². The Balaban J connectivity index is 1.82. The van der Waals surface area contributed by atoms with E-state index < -0.39 is 26.6 Å². The smallest absolute Gasteiger partial charge is 0.255 e. The van der Waals surface area contributed by atoms with Crippen LogP contribution in [0.4, 0.5) is 10.1 Å². The number of sulfonamides is 1. The Morgan fingerprint density at radius 3 is 2.45 bits per heavy atom. The van der Waals surface area contributed by atoms with Gasteiger partial charge >= 0.3 is 0 Å². The average Bonchev–Trinajstić information content (AvgIpc) is 2.67. The standard InChI is InChI=1S/C20H15Cl2FN2O3S/c21-15-5-3-6-16(11-15)25-20(26)13-8-9-18(23)19(10-13)29(27,28)24-12-14-4-1-2-7-17(14)22/h1-11,24H,12H2,(H,25,26). The zero-order valence-electron chi connectivity index (χ0n) is 14.8. The van der Waals surface area contributed by atoms with Crippen molar-refractivity contribution in [2.24, 2.45) is 0 Å². The number of carbonyl (C=O) groups excluding carboxylic acids is 1. The van der Waals surface area contributed by atoms with Gasteiger partial charge in [0.25, 0.3) is 5.91 Å². The van der Waals surface area contributed by atoms with E-state index in [0.29, 0.717) is 21.3 Å². The van der Waals surface area contributed by atoms with Crippen molar-refractivity contribution in [2.45, 2.75) is 11.4 Å². The molecule has 0 radical (unpaired) electrons. The normalized spacial score (nSPS) is 11.3. The highest BCUT2D eigenvalue weighted by Crippen LogP contribution is 2.21. The van der Waals surface area contributed by atoms with Gasteiger partial charge in [-0.3, -0.25) is 4.79 Å². The molecular formula is C20H15Cl2FN2O3S. The highest BCUT2D eigenvalue weighted by atomic mass is 35.5. The van der Waals surface area contributed by atoms with E-state index in [9.17, 15) is 17.6 Å². The Morgan fingerprint density at radius 1 is 0.966 bits per heavy atom. The van der Waals surface area contributed by atoms with Crippen LogP contribution >= 0.6 is 23.2 Å². The largest absolute Gasteiger partial charge is 0.322 e. The second-order valence-corrected chi connectivity index (χ2v) is 8.60. The Morgan fingerprint density at radius 2 is 1.72 bits per heavy atom. The summed E-state index contributed by atoms with van der Waals surface area (Å²) < 4.78 is 41.7. The first-order valence-electron chi connectivity index (χ1n) is 8.36. The number of nitrogens with one attached hydrogen (secondary N) is 2. The lowest BCUT2D eigenvalue weighted by atomic mass is 10.2. The van der Waals surface area contributed by atoms with Crippen molar-refractivity contribution >= 4 is 44.8 Å². The fourth-order valence-corrected chi connectivity index (χ4v) is 4.01. The van der Waals surface area contributed by atoms with Crippen LogP contribution in [0.1, 0.15) is 15.9 Å². The SMILES string of the molecule is O=C(Nc1cccc(Cl)c1)c1ccc(F)c(S(=O)(=O)NCc2ccccc2Cl)c1. The molecule has 2 N–H and O–H groups in total. The first-order chi connectivity index (χ1) is 13.8. The monoisotopic (exact) mass is 452 g/mol. The van der Waals surface area contributed by atoms with Crippen molar-refractivity contribution in [3.8, 4) is 0 Å². The topological polar surface area (TPSA) is 75.3 Å². The van der Waals surface area contributed by atoms with Crippen molar-refractivity contribution in [1.82, 2.24) is 4.72 Å². The fraction of sp³-hybridized carbons (Fsp3) is 0.0500. The summed E-state index contributed by atoms with van der Waals surface area (Å²) in [6.45, 7) is -0.125. The number of rotatable bonds is 6. The Bertz CT molecular complexity index is 1170. The molecule has 0 aliphatic rings. The molecule has 3 aromatic rings. The molecule has 0 saturated heterocycles. The maximum atomic E-state index is 14.2. The molecule has 0 aliphatic carbocycles. The molecular weight excluding hydrogens is 438 g/mol. The van der Waals surface area contributed by atoms with Gasteiger partial charge < -0.3 is 5.32 Å². The molecule has 0 atom stereocenters. The zero-order chi connectivity index (χ0) is 21.0. The van der Waals surface area contributed by atoms with Gasteiger partial charge in [-0.2, -0.15) is 0 Å². The summed E-state index contributed by atoms with van der Waals surface area (Å²) in [7, 11) is -4.23. The van der Waals surface area contributed by atoms with E-state index in [2.05, 4.69) is 10.0 Å². The molecule has 0 bridgehead atoms. The van der Waals surface area contributed by atoms with Crippen LogP contribution in [-0.4, -0.2) is 14.3 Å². The number of anilines is 1. The maximum absolute atomic E-state index is 14.2. The molecule has 0 unspecified atom stereocenters. The predicted octanol–water partition coefficient (Wildman–Crippen LogP) is 4.86. The summed E-state index contributed by atoms with van der Waals surface area (Å²) >= 11 is 11.9. The minimum absolute atomic E-state index is 0.0236. The molecule has 29 heavy (non-hydrogen) atoms. The maximum Gasteiger partial charge on any atom is 0.255 e. The molecule has 0 spiro atoms. The van der Waals surface area contributed by atoms with Gasteiger partial charge in [0, 0.05) is 27.8 Å². The molecule has 3 aromatic carbocycles. The third-order valence-electron chi connectivity index (χ3n) is 3.98. The van der Waals surface area contributed by atoms with Gasteiger partial charge in [0.05, 0.1) is 0 Å². The van der Waals surface area contributed by atoms with Crippen LogP contribution < -0.4 is 10.0 Å².